The van der Waals surface area contributed by atoms with Crippen molar-refractivity contribution in [3.8, 4) is 5.75 Å². The van der Waals surface area contributed by atoms with Crippen LogP contribution in [0.5, 0.6) is 5.75 Å². The molecule has 0 spiro atoms. The van der Waals surface area contributed by atoms with E-state index in [1.165, 1.54) is 0 Å². The molecule has 3 nitrogen and oxygen atoms in total. The smallest absolute Gasteiger partial charge is 0.336 e. The summed E-state index contributed by atoms with van der Waals surface area (Å²) < 4.78 is 5.13. The molecule has 0 amide bonds. The van der Waals surface area contributed by atoms with Crippen LogP contribution in [0.3, 0.4) is 0 Å². The Bertz CT molecular complexity index is 472. The Hall–Kier alpha value is -1.77. The maximum Gasteiger partial charge on any atom is 0.336 e. The molecule has 84 valence electrons. The molecule has 1 N–H and O–H groups in total. The van der Waals surface area contributed by atoms with Crippen molar-refractivity contribution in [2.24, 2.45) is 0 Å². The number of allylic oxidation sites excluding steroid dienone is 1. The predicted octanol–water partition coefficient (Wildman–Crippen LogP) is 2.50. The average Bonchev–Trinajstić information content (AvgIpc) is 2.27. The van der Waals surface area contributed by atoms with Gasteiger partial charge in [-0.2, -0.15) is 0 Å². The van der Waals surface area contributed by atoms with E-state index in [1.807, 2.05) is 19.1 Å². The number of rotatable bonds is 2. The summed E-state index contributed by atoms with van der Waals surface area (Å²) in [5, 5.41) is 9.22. The third kappa shape index (κ3) is 1.69. The molecule has 0 unspecified atom stereocenters. The lowest BCUT2D eigenvalue weighted by Crippen LogP contribution is -2.10. The molecule has 0 aromatic heterocycles. The first-order chi connectivity index (χ1) is 7.63. The van der Waals surface area contributed by atoms with Crippen molar-refractivity contribution < 1.29 is 14.6 Å². The highest BCUT2D eigenvalue weighted by Crippen LogP contribution is 2.33. The van der Waals surface area contributed by atoms with Gasteiger partial charge >= 0.3 is 5.97 Å². The van der Waals surface area contributed by atoms with Crippen molar-refractivity contribution in [2.75, 3.05) is 7.11 Å². The number of fused-ring (bicyclic) bond motifs is 1. The zero-order valence-electron chi connectivity index (χ0n) is 9.41. The molecule has 2 rings (SSSR count). The standard InChI is InChI=1S/C13H14O3/c1-8-3-4-9-5-6-10(16-2)7-11(9)12(8)13(14)15/h5-7H,3-4H2,1-2H3,(H,14,15). The van der Waals surface area contributed by atoms with E-state index < -0.39 is 5.97 Å². The van der Waals surface area contributed by atoms with E-state index in [0.717, 1.165) is 29.5 Å². The molecule has 0 heterocycles. The Labute approximate surface area is 94.4 Å². The van der Waals surface area contributed by atoms with Gasteiger partial charge in [-0.3, -0.25) is 0 Å². The van der Waals surface area contributed by atoms with Crippen LogP contribution in [0.2, 0.25) is 0 Å². The second kappa shape index (κ2) is 4.00. The number of benzene rings is 1. The topological polar surface area (TPSA) is 46.5 Å². The van der Waals surface area contributed by atoms with Crippen molar-refractivity contribution in [3.05, 3.63) is 34.9 Å². The summed E-state index contributed by atoms with van der Waals surface area (Å²) in [5.74, 6) is -0.154. The molecule has 1 aliphatic rings. The summed E-state index contributed by atoms with van der Waals surface area (Å²) in [6.45, 7) is 1.88. The Kier molecular flexibility index (Phi) is 2.69. The van der Waals surface area contributed by atoms with E-state index in [4.69, 9.17) is 4.74 Å². The van der Waals surface area contributed by atoms with Crippen molar-refractivity contribution in [2.45, 2.75) is 19.8 Å². The fourth-order valence-electron chi connectivity index (χ4n) is 2.11. The first-order valence-corrected chi connectivity index (χ1v) is 5.24. The van der Waals surface area contributed by atoms with Crippen LogP contribution in [0, 0.1) is 0 Å². The first-order valence-electron chi connectivity index (χ1n) is 5.24. The molecular weight excluding hydrogens is 204 g/mol. The zero-order valence-corrected chi connectivity index (χ0v) is 9.41. The Balaban J connectivity index is 2.60. The third-order valence-electron chi connectivity index (χ3n) is 3.00. The van der Waals surface area contributed by atoms with Gasteiger partial charge in [0, 0.05) is 0 Å². The van der Waals surface area contributed by atoms with Crippen LogP contribution in [0.25, 0.3) is 5.57 Å². The zero-order chi connectivity index (χ0) is 11.7. The van der Waals surface area contributed by atoms with Gasteiger partial charge in [0.1, 0.15) is 5.75 Å². The van der Waals surface area contributed by atoms with Crippen LogP contribution < -0.4 is 4.74 Å². The lowest BCUT2D eigenvalue weighted by atomic mass is 9.86. The van der Waals surface area contributed by atoms with Crippen molar-refractivity contribution >= 4 is 11.5 Å². The Morgan fingerprint density at radius 3 is 2.75 bits per heavy atom. The van der Waals surface area contributed by atoms with Crippen LogP contribution in [-0.4, -0.2) is 18.2 Å². The van der Waals surface area contributed by atoms with Gasteiger partial charge in [-0.05, 0) is 43.0 Å². The number of carbonyl (C=O) groups is 1. The monoisotopic (exact) mass is 218 g/mol. The second-order valence-corrected chi connectivity index (χ2v) is 3.98. The minimum atomic E-state index is -0.855. The van der Waals surface area contributed by atoms with Crippen LogP contribution in [-0.2, 0) is 11.2 Å². The second-order valence-electron chi connectivity index (χ2n) is 3.98. The number of aryl methyl sites for hydroxylation is 1. The van der Waals surface area contributed by atoms with Crippen LogP contribution in [0.1, 0.15) is 24.5 Å². The Morgan fingerprint density at radius 1 is 1.38 bits per heavy atom. The Morgan fingerprint density at radius 2 is 2.12 bits per heavy atom. The van der Waals surface area contributed by atoms with E-state index in [9.17, 15) is 9.90 Å². The van der Waals surface area contributed by atoms with E-state index in [1.54, 1.807) is 13.2 Å². The third-order valence-corrected chi connectivity index (χ3v) is 3.00. The van der Waals surface area contributed by atoms with E-state index >= 15 is 0 Å². The number of hydrogen-bond acceptors (Lipinski definition) is 2. The number of ether oxygens (including phenoxy) is 1. The number of methoxy groups -OCH3 is 1. The minimum absolute atomic E-state index is 0.431. The van der Waals surface area contributed by atoms with Crippen LogP contribution in [0.4, 0.5) is 0 Å². The minimum Gasteiger partial charge on any atom is -0.497 e. The summed E-state index contributed by atoms with van der Waals surface area (Å²) in [4.78, 5) is 11.2. The van der Waals surface area contributed by atoms with Gasteiger partial charge in [-0.25, -0.2) is 4.79 Å². The maximum absolute atomic E-state index is 11.2. The quantitative estimate of drug-likeness (QED) is 0.829. The van der Waals surface area contributed by atoms with E-state index in [-0.39, 0.29) is 0 Å². The van der Waals surface area contributed by atoms with E-state index in [0.29, 0.717) is 11.3 Å². The molecule has 0 saturated carbocycles. The highest BCUT2D eigenvalue weighted by Gasteiger charge is 2.22. The van der Waals surface area contributed by atoms with Gasteiger partial charge in [-0.15, -0.1) is 0 Å². The fourth-order valence-corrected chi connectivity index (χ4v) is 2.11. The maximum atomic E-state index is 11.2. The van der Waals surface area contributed by atoms with Gasteiger partial charge < -0.3 is 9.84 Å². The van der Waals surface area contributed by atoms with Crippen LogP contribution in [0.15, 0.2) is 23.8 Å². The summed E-state index contributed by atoms with van der Waals surface area (Å²) in [6, 6.07) is 5.63. The molecule has 1 aromatic rings. The van der Waals surface area contributed by atoms with Gasteiger partial charge in [0.2, 0.25) is 0 Å². The van der Waals surface area contributed by atoms with E-state index in [2.05, 4.69) is 0 Å². The summed E-state index contributed by atoms with van der Waals surface area (Å²) in [6.07, 6.45) is 1.73. The average molecular weight is 218 g/mol. The molecule has 1 aliphatic carbocycles. The van der Waals surface area contributed by atoms with Gasteiger partial charge in [-0.1, -0.05) is 11.6 Å². The lowest BCUT2D eigenvalue weighted by Gasteiger charge is -2.19. The normalized spacial score (nSPS) is 14.6. The number of carboxylic acids is 1. The number of carboxylic acid groups (broad SMARTS) is 1. The van der Waals surface area contributed by atoms with Crippen LogP contribution >= 0.6 is 0 Å². The molecule has 3 heteroatoms. The fraction of sp³-hybridized carbons (Fsp3) is 0.308. The van der Waals surface area contributed by atoms with Crippen molar-refractivity contribution in [3.63, 3.8) is 0 Å². The van der Waals surface area contributed by atoms with Gasteiger partial charge in [0.05, 0.1) is 12.7 Å². The molecule has 0 bridgehead atoms. The van der Waals surface area contributed by atoms with Gasteiger partial charge in [0.15, 0.2) is 0 Å². The van der Waals surface area contributed by atoms with Gasteiger partial charge in [0.25, 0.3) is 0 Å². The number of hydrogen-bond donors (Lipinski definition) is 1. The largest absolute Gasteiger partial charge is 0.497 e. The molecule has 0 atom stereocenters. The highest BCUT2D eigenvalue weighted by molar-refractivity contribution is 6.17. The van der Waals surface area contributed by atoms with Crippen molar-refractivity contribution in [1.29, 1.82) is 0 Å². The summed E-state index contributed by atoms with van der Waals surface area (Å²) in [5.41, 5.74) is 3.26. The molecule has 0 radical (unpaired) electrons. The molecular formula is C13H14O3. The molecule has 16 heavy (non-hydrogen) atoms. The highest BCUT2D eigenvalue weighted by atomic mass is 16.5. The first kappa shape index (κ1) is 10.7. The SMILES string of the molecule is COc1ccc2c(c1)C(C(=O)O)=C(C)CC2. The summed E-state index contributed by atoms with van der Waals surface area (Å²) in [7, 11) is 1.58. The molecule has 0 saturated heterocycles. The molecule has 0 fully saturated rings. The summed E-state index contributed by atoms with van der Waals surface area (Å²) >= 11 is 0. The molecule has 1 aromatic carbocycles. The molecule has 0 aliphatic heterocycles. The lowest BCUT2D eigenvalue weighted by molar-refractivity contribution is -0.130. The van der Waals surface area contributed by atoms with Crippen molar-refractivity contribution in [1.82, 2.24) is 0 Å². The predicted molar refractivity (Wildman–Crippen MR) is 61.5 cm³/mol. The number of aliphatic carboxylic acids is 1.